The summed E-state index contributed by atoms with van der Waals surface area (Å²) >= 11 is 1.70. The van der Waals surface area contributed by atoms with Crippen LogP contribution in [-0.2, 0) is 11.8 Å². The fraction of sp³-hybridized carbons (Fsp3) is 0.500. The fourth-order valence-corrected chi connectivity index (χ4v) is 5.58. The highest BCUT2D eigenvalue weighted by molar-refractivity contribution is 7.17. The molecule has 1 N–H and O–H groups in total. The van der Waals surface area contributed by atoms with Crippen LogP contribution in [0, 0.1) is 6.92 Å². The summed E-state index contributed by atoms with van der Waals surface area (Å²) in [6, 6.07) is 2.06. The van der Waals surface area contributed by atoms with Gasteiger partial charge in [0.15, 0.2) is 0 Å². The monoisotopic (exact) mass is 396 g/mol. The normalized spacial score (nSPS) is 21.5. The van der Waals surface area contributed by atoms with Crippen LogP contribution in [-0.4, -0.2) is 47.1 Å². The van der Waals surface area contributed by atoms with E-state index in [0.29, 0.717) is 5.95 Å². The molecule has 0 bridgehead atoms. The first-order chi connectivity index (χ1) is 13.5. The lowest BCUT2D eigenvalue weighted by molar-refractivity contribution is 0.333. The van der Waals surface area contributed by atoms with Crippen molar-refractivity contribution in [2.24, 2.45) is 0 Å². The molecular weight excluding hydrogens is 372 g/mol. The van der Waals surface area contributed by atoms with Crippen LogP contribution >= 0.6 is 11.3 Å². The molecule has 0 amide bonds. The van der Waals surface area contributed by atoms with Gasteiger partial charge >= 0.3 is 0 Å². The number of nitrogens with one attached hydrogen (secondary N) is 1. The Kier molecular flexibility index (Phi) is 3.94. The maximum absolute atomic E-state index is 12.6. The first kappa shape index (κ1) is 17.6. The van der Waals surface area contributed by atoms with Crippen molar-refractivity contribution in [1.82, 2.24) is 19.9 Å². The zero-order chi connectivity index (χ0) is 19.5. The van der Waals surface area contributed by atoms with Gasteiger partial charge in [-0.1, -0.05) is 0 Å². The second-order valence-corrected chi connectivity index (χ2v) is 9.06. The molecule has 1 fully saturated rings. The molecule has 5 rings (SSSR count). The van der Waals surface area contributed by atoms with Crippen LogP contribution in [0.4, 0.5) is 11.8 Å². The van der Waals surface area contributed by atoms with E-state index in [1.807, 2.05) is 25.9 Å². The Balaban J connectivity index is 1.59. The molecule has 1 aliphatic heterocycles. The van der Waals surface area contributed by atoms with Gasteiger partial charge < -0.3 is 9.80 Å². The smallest absolute Gasteiger partial charge is 0.255 e. The van der Waals surface area contributed by atoms with Crippen LogP contribution in [0.1, 0.15) is 36.3 Å². The lowest BCUT2D eigenvalue weighted by Crippen LogP contribution is -2.46. The molecule has 1 aliphatic carbocycles. The number of aromatic amines is 1. The van der Waals surface area contributed by atoms with Crippen molar-refractivity contribution in [2.45, 2.75) is 38.0 Å². The molecule has 4 heterocycles. The molecule has 7 nitrogen and oxygen atoms in total. The number of piperidine rings is 1. The van der Waals surface area contributed by atoms with Crippen molar-refractivity contribution in [1.29, 1.82) is 0 Å². The molecule has 8 heteroatoms. The summed E-state index contributed by atoms with van der Waals surface area (Å²) in [7, 11) is 3.83. The van der Waals surface area contributed by atoms with Gasteiger partial charge in [0.25, 0.3) is 5.56 Å². The molecule has 2 aliphatic rings. The molecule has 28 heavy (non-hydrogen) atoms. The van der Waals surface area contributed by atoms with Gasteiger partial charge in [-0.05, 0) is 44.1 Å². The Morgan fingerprint density at radius 1 is 1.25 bits per heavy atom. The molecule has 0 radical (unpaired) electrons. The average molecular weight is 397 g/mol. The van der Waals surface area contributed by atoms with Crippen LogP contribution < -0.4 is 15.4 Å². The SMILES string of the molecule is Cc1nc(N2CCCC3(CCc4c3nc(N(C)C)[nH]c4=O)C2)c2sccc2n1. The van der Waals surface area contributed by atoms with Crippen LogP contribution in [0.2, 0.25) is 0 Å². The summed E-state index contributed by atoms with van der Waals surface area (Å²) in [5.74, 6) is 2.47. The van der Waals surface area contributed by atoms with Gasteiger partial charge in [-0.15, -0.1) is 11.3 Å². The van der Waals surface area contributed by atoms with Crippen molar-refractivity contribution < 1.29 is 0 Å². The predicted octanol–water partition coefficient (Wildman–Crippen LogP) is 2.63. The van der Waals surface area contributed by atoms with E-state index in [9.17, 15) is 4.79 Å². The van der Waals surface area contributed by atoms with E-state index < -0.39 is 0 Å². The van der Waals surface area contributed by atoms with Crippen LogP contribution in [0.25, 0.3) is 10.2 Å². The van der Waals surface area contributed by atoms with E-state index in [4.69, 9.17) is 9.97 Å². The third kappa shape index (κ3) is 2.62. The van der Waals surface area contributed by atoms with Crippen molar-refractivity contribution in [3.8, 4) is 0 Å². The standard InChI is InChI=1S/C20H24N6OS/c1-12-21-14-6-10-28-15(14)17(22-12)26-9-4-7-20(11-26)8-5-13-16(20)23-19(25(2)3)24-18(13)27/h6,10H,4-5,7-9,11H2,1-3H3,(H,23,24,27). The third-order valence-corrected chi connectivity index (χ3v) is 6.96. The highest BCUT2D eigenvalue weighted by Crippen LogP contribution is 2.45. The van der Waals surface area contributed by atoms with Gasteiger partial charge in [-0.2, -0.15) is 0 Å². The number of thiophene rings is 1. The van der Waals surface area contributed by atoms with Crippen molar-refractivity contribution in [3.05, 3.63) is 38.9 Å². The summed E-state index contributed by atoms with van der Waals surface area (Å²) in [6.45, 7) is 3.78. The Morgan fingerprint density at radius 3 is 2.93 bits per heavy atom. The number of hydrogen-bond donors (Lipinski definition) is 1. The van der Waals surface area contributed by atoms with E-state index >= 15 is 0 Å². The topological polar surface area (TPSA) is 78.0 Å². The highest BCUT2D eigenvalue weighted by Gasteiger charge is 2.45. The Morgan fingerprint density at radius 2 is 2.11 bits per heavy atom. The first-order valence-electron chi connectivity index (χ1n) is 9.75. The van der Waals surface area contributed by atoms with Gasteiger partial charge in [0.05, 0.1) is 15.9 Å². The molecule has 1 saturated heterocycles. The Bertz CT molecular complexity index is 1120. The summed E-state index contributed by atoms with van der Waals surface area (Å²) in [5.41, 5.74) is 2.82. The minimum atomic E-state index is -0.0744. The minimum absolute atomic E-state index is 0.0150. The van der Waals surface area contributed by atoms with E-state index in [1.54, 1.807) is 11.3 Å². The van der Waals surface area contributed by atoms with Crippen molar-refractivity contribution in [3.63, 3.8) is 0 Å². The zero-order valence-corrected chi connectivity index (χ0v) is 17.3. The molecular formula is C20H24N6OS. The molecule has 3 aromatic heterocycles. The largest absolute Gasteiger partial charge is 0.354 e. The number of hydrogen-bond acceptors (Lipinski definition) is 7. The van der Waals surface area contributed by atoms with Gasteiger partial charge in [0, 0.05) is 38.2 Å². The van der Waals surface area contributed by atoms with Gasteiger partial charge in [0.1, 0.15) is 11.6 Å². The minimum Gasteiger partial charge on any atom is -0.354 e. The number of anilines is 2. The fourth-order valence-electron chi connectivity index (χ4n) is 4.74. The molecule has 1 spiro atoms. The van der Waals surface area contributed by atoms with Gasteiger partial charge in [0.2, 0.25) is 5.95 Å². The highest BCUT2D eigenvalue weighted by atomic mass is 32.1. The first-order valence-corrected chi connectivity index (χ1v) is 10.6. The van der Waals surface area contributed by atoms with E-state index in [0.717, 1.165) is 71.9 Å². The molecule has 3 aromatic rings. The Hall–Kier alpha value is -2.48. The predicted molar refractivity (Wildman–Crippen MR) is 113 cm³/mol. The van der Waals surface area contributed by atoms with Gasteiger partial charge in [-0.3, -0.25) is 9.78 Å². The van der Waals surface area contributed by atoms with Crippen LogP contribution in [0.3, 0.4) is 0 Å². The van der Waals surface area contributed by atoms with Crippen molar-refractivity contribution in [2.75, 3.05) is 37.0 Å². The van der Waals surface area contributed by atoms with E-state index in [1.165, 1.54) is 0 Å². The van der Waals surface area contributed by atoms with Crippen molar-refractivity contribution >= 4 is 33.3 Å². The third-order valence-electron chi connectivity index (χ3n) is 6.06. The number of aryl methyl sites for hydroxylation is 1. The van der Waals surface area contributed by atoms with E-state index in [2.05, 4.69) is 26.3 Å². The molecule has 1 atom stereocenters. The Labute approximate surface area is 167 Å². The maximum atomic E-state index is 12.6. The van der Waals surface area contributed by atoms with Gasteiger partial charge in [-0.25, -0.2) is 15.0 Å². The number of rotatable bonds is 2. The summed E-state index contributed by atoms with van der Waals surface area (Å²) in [5, 5.41) is 2.08. The quantitative estimate of drug-likeness (QED) is 0.717. The number of aromatic nitrogens is 4. The lowest BCUT2D eigenvalue weighted by atomic mass is 9.77. The number of H-pyrrole nitrogens is 1. The summed E-state index contributed by atoms with van der Waals surface area (Å²) in [4.78, 5) is 34.1. The van der Waals surface area contributed by atoms with Crippen LogP contribution in [0.15, 0.2) is 16.2 Å². The van der Waals surface area contributed by atoms with E-state index in [-0.39, 0.29) is 11.0 Å². The molecule has 146 valence electrons. The second-order valence-electron chi connectivity index (χ2n) is 8.15. The van der Waals surface area contributed by atoms with Crippen LogP contribution in [0.5, 0.6) is 0 Å². The summed E-state index contributed by atoms with van der Waals surface area (Å²) < 4.78 is 1.15. The summed E-state index contributed by atoms with van der Waals surface area (Å²) in [6.07, 6.45) is 3.92. The molecule has 1 unspecified atom stereocenters. The molecule has 0 aromatic carbocycles. The lowest BCUT2D eigenvalue weighted by Gasteiger charge is -2.41. The zero-order valence-electron chi connectivity index (χ0n) is 16.4. The molecule has 0 saturated carbocycles. The second kappa shape index (κ2) is 6.27. The number of fused-ring (bicyclic) bond motifs is 3. The maximum Gasteiger partial charge on any atom is 0.255 e. The average Bonchev–Trinajstić information content (AvgIpc) is 3.27. The number of nitrogens with zero attached hydrogens (tertiary/aromatic N) is 5.